The quantitative estimate of drug-likeness (QED) is 0.547. The zero-order valence-corrected chi connectivity index (χ0v) is 15.2. The van der Waals surface area contributed by atoms with Gasteiger partial charge in [0.15, 0.2) is 5.78 Å². The van der Waals surface area contributed by atoms with Crippen molar-refractivity contribution in [2.45, 2.75) is 24.8 Å². The predicted octanol–water partition coefficient (Wildman–Crippen LogP) is 3.45. The Bertz CT molecular complexity index is 1010. The number of ketones is 1. The lowest BCUT2D eigenvalue weighted by atomic mass is 10.1. The zero-order valence-electron chi connectivity index (χ0n) is 14.4. The van der Waals surface area contributed by atoms with Crippen molar-refractivity contribution in [2.24, 2.45) is 5.10 Å². The maximum Gasteiger partial charge on any atom is 0.534 e. The van der Waals surface area contributed by atoms with Crippen LogP contribution in [-0.4, -0.2) is 30.4 Å². The van der Waals surface area contributed by atoms with Gasteiger partial charge in [0, 0.05) is 31.2 Å². The van der Waals surface area contributed by atoms with Crippen LogP contribution in [0.25, 0.3) is 0 Å². The van der Waals surface area contributed by atoms with Crippen molar-refractivity contribution in [1.29, 1.82) is 0 Å². The van der Waals surface area contributed by atoms with Crippen LogP contribution < -0.4 is 4.18 Å². The number of carbonyl (C=O) groups is 1. The molecule has 6 nitrogen and oxygen atoms in total. The van der Waals surface area contributed by atoms with E-state index in [0.29, 0.717) is 24.1 Å². The number of halogens is 3. The molecular formula is C18H15F3N2O4S. The average Bonchev–Trinajstić information content (AvgIpc) is 2.61. The van der Waals surface area contributed by atoms with Crippen LogP contribution in [0.15, 0.2) is 65.6 Å². The molecule has 0 aromatic heterocycles. The first-order chi connectivity index (χ1) is 13.1. The average molecular weight is 412 g/mol. The monoisotopic (exact) mass is 412 g/mol. The van der Waals surface area contributed by atoms with Crippen LogP contribution in [0.3, 0.4) is 0 Å². The van der Waals surface area contributed by atoms with Gasteiger partial charge in [-0.25, -0.2) is 5.01 Å². The van der Waals surface area contributed by atoms with E-state index in [-0.39, 0.29) is 12.2 Å². The van der Waals surface area contributed by atoms with Gasteiger partial charge in [-0.3, -0.25) is 4.79 Å². The molecule has 28 heavy (non-hydrogen) atoms. The molecule has 0 radical (unpaired) electrons. The van der Waals surface area contributed by atoms with E-state index in [1.165, 1.54) is 18.2 Å². The predicted molar refractivity (Wildman–Crippen MR) is 95.6 cm³/mol. The Kier molecular flexibility index (Phi) is 5.41. The van der Waals surface area contributed by atoms with Crippen LogP contribution >= 0.6 is 0 Å². The molecule has 1 aromatic carbocycles. The molecule has 0 atom stereocenters. The lowest BCUT2D eigenvalue weighted by Crippen LogP contribution is -2.28. The lowest BCUT2D eigenvalue weighted by Gasteiger charge is -2.22. The first-order valence-electron chi connectivity index (χ1n) is 8.17. The molecule has 0 bridgehead atoms. The van der Waals surface area contributed by atoms with Crippen LogP contribution in [0.4, 0.5) is 13.2 Å². The van der Waals surface area contributed by atoms with E-state index >= 15 is 0 Å². The Hall–Kier alpha value is -2.88. The van der Waals surface area contributed by atoms with E-state index in [4.69, 9.17) is 0 Å². The zero-order chi connectivity index (χ0) is 20.4. The Morgan fingerprint density at radius 2 is 1.96 bits per heavy atom. The third kappa shape index (κ3) is 4.69. The highest BCUT2D eigenvalue weighted by molar-refractivity contribution is 7.88. The molecule has 0 saturated heterocycles. The third-order valence-electron chi connectivity index (χ3n) is 3.86. The van der Waals surface area contributed by atoms with Gasteiger partial charge in [0.1, 0.15) is 5.75 Å². The Morgan fingerprint density at radius 3 is 2.64 bits per heavy atom. The fourth-order valence-corrected chi connectivity index (χ4v) is 3.02. The molecule has 0 fully saturated rings. The molecule has 148 valence electrons. The van der Waals surface area contributed by atoms with Crippen LogP contribution in [0, 0.1) is 0 Å². The highest BCUT2D eigenvalue weighted by Gasteiger charge is 2.48. The van der Waals surface area contributed by atoms with Gasteiger partial charge < -0.3 is 4.18 Å². The summed E-state index contributed by atoms with van der Waals surface area (Å²) in [5.74, 6) is -0.422. The van der Waals surface area contributed by atoms with E-state index < -0.39 is 21.4 Å². The van der Waals surface area contributed by atoms with Crippen molar-refractivity contribution in [3.8, 4) is 5.75 Å². The van der Waals surface area contributed by atoms with Gasteiger partial charge in [0.2, 0.25) is 0 Å². The second kappa shape index (κ2) is 7.63. The van der Waals surface area contributed by atoms with E-state index in [9.17, 15) is 26.4 Å². The number of hydrogen-bond acceptors (Lipinski definition) is 6. The highest BCUT2D eigenvalue weighted by atomic mass is 32.2. The third-order valence-corrected chi connectivity index (χ3v) is 4.84. The number of allylic oxidation sites excluding steroid dienone is 4. The number of rotatable bonds is 5. The number of hydrogen-bond donors (Lipinski definition) is 0. The van der Waals surface area contributed by atoms with E-state index in [2.05, 4.69) is 9.28 Å². The Labute approximate surface area is 159 Å². The largest absolute Gasteiger partial charge is 0.534 e. The molecule has 0 N–H and O–H groups in total. The molecule has 0 amide bonds. The number of nitrogens with zero attached hydrogens (tertiary/aromatic N) is 2. The first-order valence-corrected chi connectivity index (χ1v) is 9.58. The molecule has 0 spiro atoms. The summed E-state index contributed by atoms with van der Waals surface area (Å²) in [5, 5.41) is 6.07. The van der Waals surface area contributed by atoms with Gasteiger partial charge in [-0.05, 0) is 29.8 Å². The molecule has 1 aliphatic carbocycles. The van der Waals surface area contributed by atoms with Crippen molar-refractivity contribution >= 4 is 21.6 Å². The smallest absolute Gasteiger partial charge is 0.376 e. The normalized spacial score (nSPS) is 17.4. The number of hydrazone groups is 1. The molecule has 0 unspecified atom stereocenters. The molecule has 10 heteroatoms. The molecule has 1 heterocycles. The Morgan fingerprint density at radius 1 is 1.18 bits per heavy atom. The van der Waals surface area contributed by atoms with Crippen LogP contribution in [0.2, 0.25) is 0 Å². The van der Waals surface area contributed by atoms with Gasteiger partial charge >= 0.3 is 15.6 Å². The highest BCUT2D eigenvalue weighted by Crippen LogP contribution is 2.27. The lowest BCUT2D eigenvalue weighted by molar-refractivity contribution is -0.113. The SMILES string of the molecule is O=C1C=CC(N2C=CCC(Cc3cccc(OS(=O)(=O)C(F)(F)F)c3)=N2)=CC1. The number of benzene rings is 1. The second-order valence-electron chi connectivity index (χ2n) is 6.04. The second-order valence-corrected chi connectivity index (χ2v) is 7.58. The number of carbonyl (C=O) groups excluding carboxylic acids is 1. The maximum absolute atomic E-state index is 12.5. The fraction of sp³-hybridized carbons (Fsp3) is 0.222. The van der Waals surface area contributed by atoms with E-state index in [0.717, 1.165) is 11.8 Å². The summed E-state index contributed by atoms with van der Waals surface area (Å²) in [5.41, 5.74) is -3.50. The van der Waals surface area contributed by atoms with Gasteiger partial charge in [-0.15, -0.1) is 0 Å². The standard InChI is InChI=1S/C18H15F3N2O4S/c19-18(20,21)28(25,26)27-17-5-1-3-13(12-17)11-14-4-2-10-23(22-14)15-6-8-16(24)9-7-15/h1-3,5-8,10,12H,4,9,11H2. The Balaban J connectivity index is 1.74. The summed E-state index contributed by atoms with van der Waals surface area (Å²) in [6.07, 6.45) is 9.59. The van der Waals surface area contributed by atoms with Gasteiger partial charge in [0.25, 0.3) is 0 Å². The fourth-order valence-electron chi connectivity index (χ4n) is 2.57. The molecular weight excluding hydrogens is 397 g/mol. The van der Waals surface area contributed by atoms with Crippen LogP contribution in [0.1, 0.15) is 18.4 Å². The summed E-state index contributed by atoms with van der Waals surface area (Å²) in [6, 6.07) is 5.41. The van der Waals surface area contributed by atoms with Crippen LogP contribution in [-0.2, 0) is 21.3 Å². The molecule has 3 rings (SSSR count). The van der Waals surface area contributed by atoms with Gasteiger partial charge in [-0.1, -0.05) is 24.3 Å². The molecule has 1 aromatic rings. The minimum Gasteiger partial charge on any atom is -0.376 e. The summed E-state index contributed by atoms with van der Waals surface area (Å²) in [6.45, 7) is 0. The van der Waals surface area contributed by atoms with Gasteiger partial charge in [0.05, 0.1) is 5.70 Å². The molecule has 0 saturated carbocycles. The van der Waals surface area contributed by atoms with Crippen molar-refractivity contribution in [3.05, 3.63) is 66.0 Å². The van der Waals surface area contributed by atoms with Crippen molar-refractivity contribution in [1.82, 2.24) is 5.01 Å². The summed E-state index contributed by atoms with van der Waals surface area (Å²) < 4.78 is 63.8. The van der Waals surface area contributed by atoms with Crippen molar-refractivity contribution in [2.75, 3.05) is 0 Å². The maximum atomic E-state index is 12.5. The number of alkyl halides is 3. The van der Waals surface area contributed by atoms with Crippen molar-refractivity contribution < 1.29 is 30.6 Å². The van der Waals surface area contributed by atoms with Crippen LogP contribution in [0.5, 0.6) is 5.75 Å². The summed E-state index contributed by atoms with van der Waals surface area (Å²) in [4.78, 5) is 11.3. The van der Waals surface area contributed by atoms with E-state index in [1.54, 1.807) is 29.4 Å². The van der Waals surface area contributed by atoms with Crippen molar-refractivity contribution in [3.63, 3.8) is 0 Å². The topological polar surface area (TPSA) is 76.0 Å². The molecule has 1 aliphatic heterocycles. The minimum atomic E-state index is -5.72. The summed E-state index contributed by atoms with van der Waals surface area (Å²) in [7, 11) is -5.72. The summed E-state index contributed by atoms with van der Waals surface area (Å²) >= 11 is 0. The van der Waals surface area contributed by atoms with Gasteiger partial charge in [-0.2, -0.15) is 26.7 Å². The first kappa shape index (κ1) is 19.9. The molecule has 2 aliphatic rings. The van der Waals surface area contributed by atoms with E-state index in [1.807, 2.05) is 6.08 Å². The minimum absolute atomic E-state index is 0.000402.